The molecular formula is C15H22BrFN2. The molecule has 1 N–H and O–H groups in total. The Kier molecular flexibility index (Phi) is 5.37. The number of piperazine rings is 1. The second kappa shape index (κ2) is 6.82. The Morgan fingerprint density at radius 3 is 2.89 bits per heavy atom. The average Bonchev–Trinajstić information content (AvgIpc) is 2.31. The molecule has 0 radical (unpaired) electrons. The van der Waals surface area contributed by atoms with Gasteiger partial charge in [-0.1, -0.05) is 29.3 Å². The lowest BCUT2D eigenvalue weighted by molar-refractivity contribution is 0.120. The van der Waals surface area contributed by atoms with Gasteiger partial charge in [0.25, 0.3) is 0 Å². The molecule has 0 bridgehead atoms. The summed E-state index contributed by atoms with van der Waals surface area (Å²) >= 11 is 3.36. The summed E-state index contributed by atoms with van der Waals surface area (Å²) < 4.78 is 14.3. The maximum atomic E-state index is 13.4. The van der Waals surface area contributed by atoms with Gasteiger partial charge in [-0.05, 0) is 37.1 Å². The van der Waals surface area contributed by atoms with E-state index in [4.69, 9.17) is 0 Å². The SMILES string of the molecule is CCCC1CNC(C)CN1Cc1cc(F)cc(Br)c1. The molecule has 0 aliphatic carbocycles. The Bertz CT molecular complexity index is 404. The number of hydrogen-bond acceptors (Lipinski definition) is 2. The van der Waals surface area contributed by atoms with Crippen molar-refractivity contribution in [3.8, 4) is 0 Å². The van der Waals surface area contributed by atoms with Gasteiger partial charge in [-0.3, -0.25) is 4.90 Å². The van der Waals surface area contributed by atoms with Crippen molar-refractivity contribution in [3.05, 3.63) is 34.1 Å². The summed E-state index contributed by atoms with van der Waals surface area (Å²) in [5.74, 6) is -0.167. The van der Waals surface area contributed by atoms with Gasteiger partial charge in [0.15, 0.2) is 0 Å². The lowest BCUT2D eigenvalue weighted by atomic mass is 10.0. The summed E-state index contributed by atoms with van der Waals surface area (Å²) in [6, 6.07) is 6.22. The van der Waals surface area contributed by atoms with Gasteiger partial charge in [0.2, 0.25) is 0 Å². The van der Waals surface area contributed by atoms with Crippen LogP contribution in [0, 0.1) is 5.82 Å². The van der Waals surface area contributed by atoms with Gasteiger partial charge in [-0.25, -0.2) is 4.39 Å². The number of benzene rings is 1. The molecule has 1 aromatic carbocycles. The van der Waals surface area contributed by atoms with Crippen LogP contribution in [-0.4, -0.2) is 30.1 Å². The van der Waals surface area contributed by atoms with E-state index in [2.05, 4.69) is 40.0 Å². The second-order valence-electron chi connectivity index (χ2n) is 5.46. The van der Waals surface area contributed by atoms with Crippen LogP contribution >= 0.6 is 15.9 Å². The highest BCUT2D eigenvalue weighted by molar-refractivity contribution is 9.10. The van der Waals surface area contributed by atoms with E-state index in [0.29, 0.717) is 12.1 Å². The van der Waals surface area contributed by atoms with Crippen molar-refractivity contribution in [3.63, 3.8) is 0 Å². The molecule has 2 unspecified atom stereocenters. The summed E-state index contributed by atoms with van der Waals surface area (Å²) in [7, 11) is 0. The van der Waals surface area contributed by atoms with Gasteiger partial charge < -0.3 is 5.32 Å². The molecule has 0 saturated carbocycles. The fourth-order valence-corrected chi connectivity index (χ4v) is 3.29. The van der Waals surface area contributed by atoms with E-state index < -0.39 is 0 Å². The third-order valence-corrected chi connectivity index (χ3v) is 4.11. The number of rotatable bonds is 4. The minimum atomic E-state index is -0.167. The maximum Gasteiger partial charge on any atom is 0.124 e. The Balaban J connectivity index is 2.09. The van der Waals surface area contributed by atoms with Crippen LogP contribution in [0.1, 0.15) is 32.3 Å². The average molecular weight is 329 g/mol. The summed E-state index contributed by atoms with van der Waals surface area (Å²) in [6.45, 7) is 7.31. The molecule has 106 valence electrons. The third-order valence-electron chi connectivity index (χ3n) is 3.66. The second-order valence-corrected chi connectivity index (χ2v) is 6.37. The van der Waals surface area contributed by atoms with Crippen molar-refractivity contribution in [2.75, 3.05) is 13.1 Å². The third kappa shape index (κ3) is 4.26. The van der Waals surface area contributed by atoms with Crippen LogP contribution < -0.4 is 5.32 Å². The fraction of sp³-hybridized carbons (Fsp3) is 0.600. The molecule has 0 aromatic heterocycles. The van der Waals surface area contributed by atoms with Gasteiger partial charge in [0.05, 0.1) is 0 Å². The van der Waals surface area contributed by atoms with Gasteiger partial charge in [-0.2, -0.15) is 0 Å². The van der Waals surface area contributed by atoms with Crippen molar-refractivity contribution < 1.29 is 4.39 Å². The summed E-state index contributed by atoms with van der Waals surface area (Å²) in [6.07, 6.45) is 2.38. The van der Waals surface area contributed by atoms with Gasteiger partial charge in [0.1, 0.15) is 5.82 Å². The molecule has 2 atom stereocenters. The largest absolute Gasteiger partial charge is 0.311 e. The number of nitrogens with zero attached hydrogens (tertiary/aromatic N) is 1. The molecule has 4 heteroatoms. The first kappa shape index (κ1) is 14.9. The maximum absolute atomic E-state index is 13.4. The van der Waals surface area contributed by atoms with Crippen molar-refractivity contribution in [1.29, 1.82) is 0 Å². The molecule has 0 amide bonds. The first-order valence-electron chi connectivity index (χ1n) is 7.01. The molecule has 0 spiro atoms. The first-order chi connectivity index (χ1) is 9.08. The molecule has 1 heterocycles. The van der Waals surface area contributed by atoms with E-state index >= 15 is 0 Å². The summed E-state index contributed by atoms with van der Waals surface area (Å²) in [5, 5.41) is 3.53. The van der Waals surface area contributed by atoms with Crippen LogP contribution in [0.3, 0.4) is 0 Å². The standard InChI is InChI=1S/C15H22BrFN2/c1-3-4-15-8-18-11(2)9-19(15)10-12-5-13(16)7-14(17)6-12/h5-7,11,15,18H,3-4,8-10H2,1-2H3. The molecule has 2 rings (SSSR count). The Hall–Kier alpha value is -0.450. The van der Waals surface area contributed by atoms with E-state index in [0.717, 1.165) is 29.7 Å². The highest BCUT2D eigenvalue weighted by Crippen LogP contribution is 2.20. The zero-order chi connectivity index (χ0) is 13.8. The van der Waals surface area contributed by atoms with Crippen LogP contribution in [-0.2, 0) is 6.54 Å². The van der Waals surface area contributed by atoms with Crippen molar-refractivity contribution in [1.82, 2.24) is 10.2 Å². The van der Waals surface area contributed by atoms with E-state index in [1.54, 1.807) is 6.07 Å². The summed E-state index contributed by atoms with van der Waals surface area (Å²) in [5.41, 5.74) is 1.04. The van der Waals surface area contributed by atoms with E-state index in [9.17, 15) is 4.39 Å². The Morgan fingerprint density at radius 1 is 1.42 bits per heavy atom. The lowest BCUT2D eigenvalue weighted by Gasteiger charge is -2.39. The predicted molar refractivity (Wildman–Crippen MR) is 80.7 cm³/mol. The van der Waals surface area contributed by atoms with Crippen LogP contribution in [0.5, 0.6) is 0 Å². The lowest BCUT2D eigenvalue weighted by Crippen LogP contribution is -2.54. The van der Waals surface area contributed by atoms with Crippen LogP contribution in [0.15, 0.2) is 22.7 Å². The molecule has 19 heavy (non-hydrogen) atoms. The Morgan fingerprint density at radius 2 is 2.21 bits per heavy atom. The molecular weight excluding hydrogens is 307 g/mol. The highest BCUT2D eigenvalue weighted by Gasteiger charge is 2.25. The van der Waals surface area contributed by atoms with Gasteiger partial charge >= 0.3 is 0 Å². The predicted octanol–water partition coefficient (Wildman–Crippen LogP) is 3.55. The molecule has 1 saturated heterocycles. The highest BCUT2D eigenvalue weighted by atomic mass is 79.9. The zero-order valence-electron chi connectivity index (χ0n) is 11.6. The molecule has 1 aliphatic heterocycles. The molecule has 1 aliphatic rings. The quantitative estimate of drug-likeness (QED) is 0.909. The van der Waals surface area contributed by atoms with Crippen molar-refractivity contribution >= 4 is 15.9 Å². The molecule has 1 fully saturated rings. The monoisotopic (exact) mass is 328 g/mol. The first-order valence-corrected chi connectivity index (χ1v) is 7.80. The van der Waals surface area contributed by atoms with Crippen molar-refractivity contribution in [2.24, 2.45) is 0 Å². The van der Waals surface area contributed by atoms with Gasteiger partial charge in [0, 0.05) is 36.2 Å². The number of hydrogen-bond donors (Lipinski definition) is 1. The van der Waals surface area contributed by atoms with Crippen molar-refractivity contribution in [2.45, 2.75) is 45.3 Å². The van der Waals surface area contributed by atoms with E-state index in [1.165, 1.54) is 18.9 Å². The van der Waals surface area contributed by atoms with E-state index in [-0.39, 0.29) is 5.82 Å². The van der Waals surface area contributed by atoms with E-state index in [1.807, 2.05) is 6.07 Å². The van der Waals surface area contributed by atoms with Crippen LogP contribution in [0.2, 0.25) is 0 Å². The minimum absolute atomic E-state index is 0.167. The van der Waals surface area contributed by atoms with Crippen LogP contribution in [0.4, 0.5) is 4.39 Å². The van der Waals surface area contributed by atoms with Gasteiger partial charge in [-0.15, -0.1) is 0 Å². The number of nitrogens with one attached hydrogen (secondary N) is 1. The number of halogens is 2. The minimum Gasteiger partial charge on any atom is -0.311 e. The van der Waals surface area contributed by atoms with Crippen LogP contribution in [0.25, 0.3) is 0 Å². The topological polar surface area (TPSA) is 15.3 Å². The molecule has 1 aromatic rings. The summed E-state index contributed by atoms with van der Waals surface area (Å²) in [4.78, 5) is 2.48. The molecule has 2 nitrogen and oxygen atoms in total. The smallest absolute Gasteiger partial charge is 0.124 e. The normalized spacial score (nSPS) is 24.6. The zero-order valence-corrected chi connectivity index (χ0v) is 13.2. The Labute approximate surface area is 123 Å². The fourth-order valence-electron chi connectivity index (χ4n) is 2.78.